The van der Waals surface area contributed by atoms with Crippen LogP contribution in [0.2, 0.25) is 0 Å². The molecule has 128 valence electrons. The summed E-state index contributed by atoms with van der Waals surface area (Å²) in [6, 6.07) is 5.80. The first-order chi connectivity index (χ1) is 11.9. The van der Waals surface area contributed by atoms with E-state index in [1.54, 1.807) is 0 Å². The molecule has 0 saturated carbocycles. The Morgan fingerprint density at radius 2 is 1.80 bits per heavy atom. The molecule has 0 heterocycles. The standard InChI is InChI=1S/C21H20O4/c1-5-19(23)25-21-16-9-7-12(2)10-17(16)20(24-14(4)22)15-8-6-13(3)11-18(15)21/h5-7,9-10H,1,8,11H2,2-4H3. The van der Waals surface area contributed by atoms with Gasteiger partial charge in [-0.15, -0.1) is 0 Å². The fourth-order valence-corrected chi connectivity index (χ4v) is 3.19. The number of carbonyl (C=O) groups excluding carboxylic acids is 2. The number of esters is 2. The lowest BCUT2D eigenvalue weighted by atomic mass is 9.87. The zero-order valence-corrected chi connectivity index (χ0v) is 14.6. The highest BCUT2D eigenvalue weighted by Gasteiger charge is 2.25. The quantitative estimate of drug-likeness (QED) is 0.365. The van der Waals surface area contributed by atoms with E-state index in [0.717, 1.165) is 33.5 Å². The molecule has 4 nitrogen and oxygen atoms in total. The van der Waals surface area contributed by atoms with E-state index in [1.807, 2.05) is 32.0 Å². The summed E-state index contributed by atoms with van der Waals surface area (Å²) in [5, 5.41) is 1.53. The molecule has 25 heavy (non-hydrogen) atoms. The first-order valence-electron chi connectivity index (χ1n) is 8.17. The van der Waals surface area contributed by atoms with Gasteiger partial charge in [-0.2, -0.15) is 0 Å². The van der Waals surface area contributed by atoms with Gasteiger partial charge in [-0.1, -0.05) is 35.9 Å². The molecule has 0 bridgehead atoms. The summed E-state index contributed by atoms with van der Waals surface area (Å²) in [7, 11) is 0. The van der Waals surface area contributed by atoms with Gasteiger partial charge in [-0.25, -0.2) is 4.79 Å². The van der Waals surface area contributed by atoms with Crippen LogP contribution in [0.5, 0.6) is 11.5 Å². The van der Waals surface area contributed by atoms with Crippen molar-refractivity contribution in [2.45, 2.75) is 33.6 Å². The van der Waals surface area contributed by atoms with Gasteiger partial charge >= 0.3 is 11.9 Å². The lowest BCUT2D eigenvalue weighted by Gasteiger charge is -2.23. The normalized spacial score (nSPS) is 13.0. The molecule has 2 aromatic rings. The molecule has 0 radical (unpaired) electrons. The molecule has 0 aromatic heterocycles. The van der Waals surface area contributed by atoms with E-state index in [0.29, 0.717) is 24.3 Å². The van der Waals surface area contributed by atoms with Crippen LogP contribution in [0.4, 0.5) is 0 Å². The lowest BCUT2D eigenvalue weighted by Crippen LogP contribution is -2.13. The largest absolute Gasteiger partial charge is 0.426 e. The highest BCUT2D eigenvalue weighted by atomic mass is 16.5. The van der Waals surface area contributed by atoms with E-state index >= 15 is 0 Å². The van der Waals surface area contributed by atoms with Gasteiger partial charge in [-0.3, -0.25) is 4.79 Å². The van der Waals surface area contributed by atoms with Gasteiger partial charge in [0.05, 0.1) is 0 Å². The number of fused-ring (bicyclic) bond motifs is 2. The average molecular weight is 336 g/mol. The molecule has 0 amide bonds. The number of rotatable bonds is 3. The second kappa shape index (κ2) is 6.55. The first-order valence-corrected chi connectivity index (χ1v) is 8.17. The number of allylic oxidation sites excluding steroid dienone is 2. The van der Waals surface area contributed by atoms with E-state index in [-0.39, 0.29) is 5.97 Å². The van der Waals surface area contributed by atoms with Gasteiger partial charge < -0.3 is 9.47 Å². The molecule has 0 spiro atoms. The second-order valence-corrected chi connectivity index (χ2v) is 6.31. The summed E-state index contributed by atoms with van der Waals surface area (Å²) in [4.78, 5) is 23.5. The third-order valence-corrected chi connectivity index (χ3v) is 4.30. The van der Waals surface area contributed by atoms with Gasteiger partial charge in [0.1, 0.15) is 11.5 Å². The predicted octanol–water partition coefficient (Wildman–Crippen LogP) is 4.21. The third kappa shape index (κ3) is 3.20. The van der Waals surface area contributed by atoms with Crippen LogP contribution >= 0.6 is 0 Å². The Kier molecular flexibility index (Phi) is 4.45. The Balaban J connectivity index is 2.37. The van der Waals surface area contributed by atoms with Crippen LogP contribution in [0.1, 0.15) is 30.5 Å². The zero-order valence-electron chi connectivity index (χ0n) is 14.6. The summed E-state index contributed by atoms with van der Waals surface area (Å²) in [6.07, 6.45) is 4.54. The van der Waals surface area contributed by atoms with Gasteiger partial charge in [0, 0.05) is 34.9 Å². The minimum atomic E-state index is -0.503. The van der Waals surface area contributed by atoms with Gasteiger partial charge in [0.25, 0.3) is 0 Å². The van der Waals surface area contributed by atoms with Gasteiger partial charge in [0.15, 0.2) is 0 Å². The van der Waals surface area contributed by atoms with E-state index in [4.69, 9.17) is 9.47 Å². The van der Waals surface area contributed by atoms with Crippen LogP contribution in [0.25, 0.3) is 10.8 Å². The molecule has 3 rings (SSSR count). The van der Waals surface area contributed by atoms with Crippen LogP contribution in [-0.2, 0) is 22.4 Å². The fourth-order valence-electron chi connectivity index (χ4n) is 3.19. The molecule has 0 unspecified atom stereocenters. The van der Waals surface area contributed by atoms with Gasteiger partial charge in [0.2, 0.25) is 0 Å². The zero-order chi connectivity index (χ0) is 18.1. The Morgan fingerprint density at radius 1 is 1.08 bits per heavy atom. The van der Waals surface area contributed by atoms with Gasteiger partial charge in [-0.05, 0) is 32.8 Å². The Bertz CT molecular complexity index is 935. The summed E-state index contributed by atoms with van der Waals surface area (Å²) < 4.78 is 11.2. The smallest absolute Gasteiger partial charge is 0.335 e. The summed E-state index contributed by atoms with van der Waals surface area (Å²) in [5.41, 5.74) is 4.00. The number of hydrogen-bond acceptors (Lipinski definition) is 4. The third-order valence-electron chi connectivity index (χ3n) is 4.30. The highest BCUT2D eigenvalue weighted by Crippen LogP contribution is 2.44. The van der Waals surface area contributed by atoms with Crippen LogP contribution in [0.3, 0.4) is 0 Å². The summed E-state index contributed by atoms with van der Waals surface area (Å²) >= 11 is 0. The summed E-state index contributed by atoms with van der Waals surface area (Å²) in [5.74, 6) is 0.213. The molecule has 0 saturated heterocycles. The average Bonchev–Trinajstić information content (AvgIpc) is 2.57. The molecule has 0 fully saturated rings. The Hall–Kier alpha value is -2.88. The number of ether oxygens (including phenoxy) is 2. The topological polar surface area (TPSA) is 52.6 Å². The van der Waals surface area contributed by atoms with Crippen molar-refractivity contribution in [2.24, 2.45) is 0 Å². The van der Waals surface area contributed by atoms with Crippen molar-refractivity contribution < 1.29 is 19.1 Å². The predicted molar refractivity (Wildman–Crippen MR) is 97.0 cm³/mol. The minimum absolute atomic E-state index is 0.368. The van der Waals surface area contributed by atoms with E-state index < -0.39 is 5.97 Å². The number of carbonyl (C=O) groups is 2. The maximum Gasteiger partial charge on any atom is 0.335 e. The molecular formula is C21H20O4. The highest BCUT2D eigenvalue weighted by molar-refractivity contribution is 6.00. The second-order valence-electron chi connectivity index (χ2n) is 6.31. The number of benzene rings is 2. The molecule has 1 aliphatic rings. The van der Waals surface area contributed by atoms with E-state index in [9.17, 15) is 9.59 Å². The van der Waals surface area contributed by atoms with Crippen molar-refractivity contribution in [3.05, 3.63) is 59.2 Å². The first kappa shape index (κ1) is 17.0. The van der Waals surface area contributed by atoms with Crippen LogP contribution in [0.15, 0.2) is 42.5 Å². The minimum Gasteiger partial charge on any atom is -0.426 e. The molecule has 1 aliphatic carbocycles. The Morgan fingerprint density at radius 3 is 2.48 bits per heavy atom. The molecule has 4 heteroatoms. The molecule has 0 aliphatic heterocycles. The van der Waals surface area contributed by atoms with Crippen LogP contribution in [0, 0.1) is 6.92 Å². The van der Waals surface area contributed by atoms with Crippen molar-refractivity contribution in [3.63, 3.8) is 0 Å². The molecule has 0 atom stereocenters. The number of aryl methyl sites for hydroxylation is 1. The van der Waals surface area contributed by atoms with E-state index in [2.05, 4.69) is 12.7 Å². The number of hydrogen-bond donors (Lipinski definition) is 0. The van der Waals surface area contributed by atoms with Crippen molar-refractivity contribution in [2.75, 3.05) is 0 Å². The van der Waals surface area contributed by atoms with Crippen LogP contribution in [-0.4, -0.2) is 11.9 Å². The lowest BCUT2D eigenvalue weighted by molar-refractivity contribution is -0.132. The molecular weight excluding hydrogens is 316 g/mol. The van der Waals surface area contributed by atoms with Crippen LogP contribution < -0.4 is 9.47 Å². The van der Waals surface area contributed by atoms with Crippen molar-refractivity contribution in [1.82, 2.24) is 0 Å². The fraction of sp³-hybridized carbons (Fsp3) is 0.238. The molecule has 2 aromatic carbocycles. The van der Waals surface area contributed by atoms with Crippen molar-refractivity contribution in [3.8, 4) is 11.5 Å². The SMILES string of the molecule is C=CC(=O)Oc1c2c(c(OC(C)=O)c3cc(C)ccc13)CC=C(C)C2. The van der Waals surface area contributed by atoms with E-state index in [1.165, 1.54) is 12.5 Å². The Labute approximate surface area is 146 Å². The molecule has 0 N–H and O–H groups in total. The summed E-state index contributed by atoms with van der Waals surface area (Å²) in [6.45, 7) is 8.87. The monoisotopic (exact) mass is 336 g/mol. The maximum absolute atomic E-state index is 11.9. The van der Waals surface area contributed by atoms with Crippen molar-refractivity contribution >= 4 is 22.7 Å². The van der Waals surface area contributed by atoms with Crippen molar-refractivity contribution in [1.29, 1.82) is 0 Å². The maximum atomic E-state index is 11.9.